The summed E-state index contributed by atoms with van der Waals surface area (Å²) in [5, 5.41) is 4.29. The minimum atomic E-state index is 0. The van der Waals surface area contributed by atoms with Crippen LogP contribution in [-0.4, -0.2) is 31.1 Å². The first-order valence-corrected chi connectivity index (χ1v) is 7.34. The first-order valence-electron chi connectivity index (χ1n) is 6.96. The summed E-state index contributed by atoms with van der Waals surface area (Å²) in [6.45, 7) is 6.77. The van der Waals surface area contributed by atoms with E-state index in [1.807, 2.05) is 6.07 Å². The maximum absolute atomic E-state index is 6.08. The highest BCUT2D eigenvalue weighted by Gasteiger charge is 2.37. The lowest BCUT2D eigenvalue weighted by atomic mass is 9.95. The summed E-state index contributed by atoms with van der Waals surface area (Å²) in [6.07, 6.45) is 2.77. The van der Waals surface area contributed by atoms with Crippen molar-refractivity contribution < 1.29 is 0 Å². The van der Waals surface area contributed by atoms with Gasteiger partial charge in [0.25, 0.3) is 0 Å². The van der Waals surface area contributed by atoms with Crippen LogP contribution in [0.15, 0.2) is 18.2 Å². The van der Waals surface area contributed by atoms with Crippen LogP contribution in [0.4, 0.5) is 0 Å². The Morgan fingerprint density at radius 1 is 1.20 bits per heavy atom. The molecule has 1 heterocycles. The van der Waals surface area contributed by atoms with Gasteiger partial charge >= 0.3 is 0 Å². The van der Waals surface area contributed by atoms with Crippen LogP contribution in [0, 0.1) is 12.8 Å². The molecular weight excluding hydrogens is 315 g/mol. The van der Waals surface area contributed by atoms with Gasteiger partial charge in [-0.1, -0.05) is 17.7 Å². The summed E-state index contributed by atoms with van der Waals surface area (Å²) in [5.74, 6) is 0.864. The van der Waals surface area contributed by atoms with Gasteiger partial charge in [-0.05, 0) is 48.9 Å². The Hall–Kier alpha value is 0.01000. The van der Waals surface area contributed by atoms with Crippen LogP contribution < -0.4 is 5.32 Å². The van der Waals surface area contributed by atoms with E-state index in [4.69, 9.17) is 11.6 Å². The molecule has 20 heavy (non-hydrogen) atoms. The predicted octanol–water partition coefficient (Wildman–Crippen LogP) is 3.85. The van der Waals surface area contributed by atoms with Gasteiger partial charge in [-0.3, -0.25) is 4.90 Å². The smallest absolute Gasteiger partial charge is 0.0408 e. The van der Waals surface area contributed by atoms with E-state index in [9.17, 15) is 0 Å². The summed E-state index contributed by atoms with van der Waals surface area (Å²) in [4.78, 5) is 2.66. The van der Waals surface area contributed by atoms with E-state index in [0.29, 0.717) is 6.04 Å². The summed E-state index contributed by atoms with van der Waals surface area (Å²) >= 11 is 6.08. The summed E-state index contributed by atoms with van der Waals surface area (Å²) < 4.78 is 0. The molecule has 2 aliphatic rings. The Labute approximate surface area is 139 Å². The molecule has 3 rings (SSSR count). The molecule has 1 aromatic carbocycles. The number of hydrogen-bond donors (Lipinski definition) is 1. The molecular formula is C15H23Cl3N2. The third-order valence-electron chi connectivity index (χ3n) is 4.16. The van der Waals surface area contributed by atoms with Crippen LogP contribution >= 0.6 is 36.4 Å². The van der Waals surface area contributed by atoms with E-state index in [0.717, 1.165) is 24.0 Å². The number of rotatable bonds is 3. The quantitative estimate of drug-likeness (QED) is 0.901. The minimum absolute atomic E-state index is 0. The van der Waals surface area contributed by atoms with Crippen molar-refractivity contribution in [1.82, 2.24) is 10.2 Å². The van der Waals surface area contributed by atoms with Gasteiger partial charge in [-0.15, -0.1) is 24.8 Å². The van der Waals surface area contributed by atoms with Gasteiger partial charge in [0, 0.05) is 37.2 Å². The molecule has 1 aliphatic carbocycles. The van der Waals surface area contributed by atoms with Crippen molar-refractivity contribution in [2.75, 3.05) is 26.2 Å². The largest absolute Gasteiger partial charge is 0.314 e. The molecule has 2 fully saturated rings. The molecule has 1 atom stereocenters. The Bertz CT molecular complexity index is 429. The van der Waals surface area contributed by atoms with Gasteiger partial charge in [0.1, 0.15) is 0 Å². The maximum Gasteiger partial charge on any atom is 0.0408 e. The Balaban J connectivity index is 0.000001000. The molecule has 0 spiro atoms. The van der Waals surface area contributed by atoms with Crippen LogP contribution in [-0.2, 0) is 0 Å². The molecule has 0 aromatic heterocycles. The molecule has 0 radical (unpaired) electrons. The second-order valence-corrected chi connectivity index (χ2v) is 6.01. The van der Waals surface area contributed by atoms with Gasteiger partial charge in [0.2, 0.25) is 0 Å². The van der Waals surface area contributed by atoms with Crippen molar-refractivity contribution in [3.05, 3.63) is 34.3 Å². The molecule has 0 unspecified atom stereocenters. The molecule has 1 saturated heterocycles. The average Bonchev–Trinajstić information content (AvgIpc) is 3.18. The fraction of sp³-hybridized carbons (Fsp3) is 0.600. The standard InChI is InChI=1S/C15H21ClN2.2ClH/c1-11-10-13(16)4-5-14(11)15(12-2-3-12)18-8-6-17-7-9-18;;/h4-5,10,12,15,17H,2-3,6-9H2,1H3;2*1H/t15-;;/m1../s1. The van der Waals surface area contributed by atoms with E-state index >= 15 is 0 Å². The van der Waals surface area contributed by atoms with Crippen LogP contribution in [0.25, 0.3) is 0 Å². The van der Waals surface area contributed by atoms with Crippen molar-refractivity contribution in [2.45, 2.75) is 25.8 Å². The number of piperazine rings is 1. The zero-order valence-corrected chi connectivity index (χ0v) is 14.2. The molecule has 1 aromatic rings. The second kappa shape index (κ2) is 7.86. The monoisotopic (exact) mass is 336 g/mol. The van der Waals surface area contributed by atoms with Gasteiger partial charge in [0.15, 0.2) is 0 Å². The molecule has 114 valence electrons. The second-order valence-electron chi connectivity index (χ2n) is 5.57. The van der Waals surface area contributed by atoms with E-state index in [2.05, 4.69) is 29.3 Å². The fourth-order valence-corrected chi connectivity index (χ4v) is 3.32. The lowest BCUT2D eigenvalue weighted by Crippen LogP contribution is -2.45. The minimum Gasteiger partial charge on any atom is -0.314 e. The Morgan fingerprint density at radius 3 is 2.40 bits per heavy atom. The fourth-order valence-electron chi connectivity index (χ4n) is 3.09. The van der Waals surface area contributed by atoms with E-state index < -0.39 is 0 Å². The average molecular weight is 338 g/mol. The highest BCUT2D eigenvalue weighted by molar-refractivity contribution is 6.30. The van der Waals surface area contributed by atoms with Crippen molar-refractivity contribution in [2.24, 2.45) is 5.92 Å². The van der Waals surface area contributed by atoms with Gasteiger partial charge in [0.05, 0.1) is 0 Å². The molecule has 1 saturated carbocycles. The lowest BCUT2D eigenvalue weighted by molar-refractivity contribution is 0.155. The van der Waals surface area contributed by atoms with Crippen molar-refractivity contribution in [1.29, 1.82) is 0 Å². The number of halogens is 3. The molecule has 1 N–H and O–H groups in total. The third kappa shape index (κ3) is 4.02. The predicted molar refractivity (Wildman–Crippen MR) is 90.6 cm³/mol. The normalized spacial score (nSPS) is 20.7. The maximum atomic E-state index is 6.08. The van der Waals surface area contributed by atoms with Crippen LogP contribution in [0.2, 0.25) is 5.02 Å². The Kier molecular flexibility index (Phi) is 7.10. The number of nitrogens with one attached hydrogen (secondary N) is 1. The van der Waals surface area contributed by atoms with Gasteiger partial charge in [-0.2, -0.15) is 0 Å². The van der Waals surface area contributed by atoms with Crippen molar-refractivity contribution in [3.8, 4) is 0 Å². The number of aryl methyl sites for hydroxylation is 1. The lowest BCUT2D eigenvalue weighted by Gasteiger charge is -2.36. The van der Waals surface area contributed by atoms with E-state index in [1.165, 1.54) is 37.1 Å². The van der Waals surface area contributed by atoms with Crippen molar-refractivity contribution >= 4 is 36.4 Å². The van der Waals surface area contributed by atoms with E-state index in [-0.39, 0.29) is 24.8 Å². The summed E-state index contributed by atoms with van der Waals surface area (Å²) in [6, 6.07) is 7.00. The van der Waals surface area contributed by atoms with Gasteiger partial charge in [-0.25, -0.2) is 0 Å². The van der Waals surface area contributed by atoms with Gasteiger partial charge < -0.3 is 5.32 Å². The number of hydrogen-bond acceptors (Lipinski definition) is 2. The highest BCUT2D eigenvalue weighted by Crippen LogP contribution is 2.45. The van der Waals surface area contributed by atoms with Crippen LogP contribution in [0.5, 0.6) is 0 Å². The van der Waals surface area contributed by atoms with Crippen LogP contribution in [0.3, 0.4) is 0 Å². The molecule has 5 heteroatoms. The number of benzene rings is 1. The van der Waals surface area contributed by atoms with E-state index in [1.54, 1.807) is 0 Å². The first-order chi connectivity index (χ1) is 8.75. The first kappa shape index (κ1) is 18.1. The Morgan fingerprint density at radius 2 is 1.85 bits per heavy atom. The van der Waals surface area contributed by atoms with Crippen molar-refractivity contribution in [3.63, 3.8) is 0 Å². The zero-order chi connectivity index (χ0) is 12.5. The van der Waals surface area contributed by atoms with Crippen LogP contribution in [0.1, 0.15) is 30.0 Å². The third-order valence-corrected chi connectivity index (χ3v) is 4.40. The molecule has 2 nitrogen and oxygen atoms in total. The number of nitrogens with zero attached hydrogens (tertiary/aromatic N) is 1. The summed E-state index contributed by atoms with van der Waals surface area (Å²) in [7, 11) is 0. The molecule has 0 bridgehead atoms. The summed E-state index contributed by atoms with van der Waals surface area (Å²) in [5.41, 5.74) is 2.83. The highest BCUT2D eigenvalue weighted by atomic mass is 35.5. The molecule has 1 aliphatic heterocycles. The molecule has 0 amide bonds. The topological polar surface area (TPSA) is 15.3 Å². The zero-order valence-electron chi connectivity index (χ0n) is 11.8. The SMILES string of the molecule is Cc1cc(Cl)ccc1[C@@H](C1CC1)N1CCNCC1.Cl.Cl.